The van der Waals surface area contributed by atoms with Gasteiger partial charge in [-0.15, -0.1) is 0 Å². The highest BCUT2D eigenvalue weighted by Gasteiger charge is 2.14. The summed E-state index contributed by atoms with van der Waals surface area (Å²) in [6.07, 6.45) is 2.78. The van der Waals surface area contributed by atoms with Crippen molar-refractivity contribution in [1.29, 1.82) is 0 Å². The molecule has 0 spiro atoms. The highest BCUT2D eigenvalue weighted by molar-refractivity contribution is 5.87. The Balaban J connectivity index is 2.70. The number of carbonyl (C=O) groups excluding carboxylic acids is 1. The van der Waals surface area contributed by atoms with E-state index >= 15 is 0 Å². The molecule has 1 aromatic rings. The molecular weight excluding hydrogens is 240 g/mol. The Kier molecular flexibility index (Phi) is 4.79. The van der Waals surface area contributed by atoms with E-state index < -0.39 is 10.9 Å². The van der Waals surface area contributed by atoms with Crippen molar-refractivity contribution in [3.63, 3.8) is 0 Å². The molecule has 7 heteroatoms. The van der Waals surface area contributed by atoms with Crippen molar-refractivity contribution in [2.24, 2.45) is 0 Å². The molecule has 0 aromatic carbocycles. The van der Waals surface area contributed by atoms with Crippen LogP contribution in [0.2, 0.25) is 0 Å². The molecular formula is C11H12N2O5. The Morgan fingerprint density at radius 2 is 2.33 bits per heavy atom. The summed E-state index contributed by atoms with van der Waals surface area (Å²) in [4.78, 5) is 24.7. The van der Waals surface area contributed by atoms with E-state index in [0.29, 0.717) is 5.57 Å². The van der Waals surface area contributed by atoms with E-state index in [1.54, 1.807) is 6.92 Å². The van der Waals surface area contributed by atoms with Gasteiger partial charge in [0, 0.05) is 5.57 Å². The van der Waals surface area contributed by atoms with Crippen molar-refractivity contribution in [3.8, 4) is 5.75 Å². The maximum atomic E-state index is 11.1. The Bertz CT molecular complexity index is 484. The zero-order valence-corrected chi connectivity index (χ0v) is 9.95. The molecule has 0 aliphatic heterocycles. The first-order valence-electron chi connectivity index (χ1n) is 5.03. The molecule has 0 saturated heterocycles. The van der Waals surface area contributed by atoms with Crippen molar-refractivity contribution in [2.75, 3.05) is 13.7 Å². The Morgan fingerprint density at radius 3 is 2.94 bits per heavy atom. The number of nitrogens with zero attached hydrogens (tertiary/aromatic N) is 2. The van der Waals surface area contributed by atoms with Crippen LogP contribution in [-0.2, 0) is 9.53 Å². The van der Waals surface area contributed by atoms with Gasteiger partial charge < -0.3 is 19.6 Å². The van der Waals surface area contributed by atoms with E-state index in [2.05, 4.69) is 9.72 Å². The highest BCUT2D eigenvalue weighted by Crippen LogP contribution is 2.22. The normalized spacial score (nSPS) is 10.9. The zero-order chi connectivity index (χ0) is 13.5. The van der Waals surface area contributed by atoms with E-state index in [0.717, 1.165) is 0 Å². The number of esters is 1. The van der Waals surface area contributed by atoms with Crippen LogP contribution in [0.5, 0.6) is 5.75 Å². The number of nitro groups is 1. The Labute approximate surface area is 103 Å². The predicted octanol–water partition coefficient (Wildman–Crippen LogP) is 1.49. The number of methoxy groups -OCH3 is 1. The molecule has 1 aromatic heterocycles. The van der Waals surface area contributed by atoms with Gasteiger partial charge in [-0.2, -0.15) is 0 Å². The van der Waals surface area contributed by atoms with Gasteiger partial charge in [0.1, 0.15) is 12.8 Å². The van der Waals surface area contributed by atoms with Crippen LogP contribution in [-0.4, -0.2) is 29.6 Å². The first kappa shape index (κ1) is 13.6. The molecule has 1 rings (SSSR count). The second-order valence-corrected chi connectivity index (χ2v) is 3.27. The molecule has 0 unspecified atom stereocenters. The second kappa shape index (κ2) is 6.33. The first-order chi connectivity index (χ1) is 8.56. The summed E-state index contributed by atoms with van der Waals surface area (Å²) in [6.45, 7) is 1.58. The number of hydrogen-bond donors (Lipinski definition) is 0. The number of ether oxygens (including phenoxy) is 2. The first-order valence-corrected chi connectivity index (χ1v) is 5.03. The summed E-state index contributed by atoms with van der Waals surface area (Å²) in [5.41, 5.74) is 0.365. The van der Waals surface area contributed by atoms with Crippen LogP contribution >= 0.6 is 0 Å². The molecule has 0 radical (unpaired) electrons. The molecule has 1 heterocycles. The van der Waals surface area contributed by atoms with Gasteiger partial charge in [-0.05, 0) is 35.0 Å². The monoisotopic (exact) mass is 252 g/mol. The van der Waals surface area contributed by atoms with E-state index in [1.807, 2.05) is 0 Å². The number of aromatic nitrogens is 1. The minimum Gasteiger partial charge on any atom is -0.481 e. The minimum atomic E-state index is -0.633. The number of pyridine rings is 1. The van der Waals surface area contributed by atoms with Gasteiger partial charge in [0.25, 0.3) is 0 Å². The van der Waals surface area contributed by atoms with Crippen molar-refractivity contribution < 1.29 is 19.2 Å². The fourth-order valence-electron chi connectivity index (χ4n) is 1.13. The van der Waals surface area contributed by atoms with E-state index in [-0.39, 0.29) is 18.2 Å². The lowest BCUT2D eigenvalue weighted by Crippen LogP contribution is -2.05. The van der Waals surface area contributed by atoms with Gasteiger partial charge in [0.05, 0.1) is 7.11 Å². The van der Waals surface area contributed by atoms with Crippen LogP contribution < -0.4 is 4.74 Å². The van der Waals surface area contributed by atoms with E-state index in [1.165, 1.54) is 31.5 Å². The van der Waals surface area contributed by atoms with Crippen molar-refractivity contribution in [2.45, 2.75) is 6.92 Å². The molecule has 0 fully saturated rings. The van der Waals surface area contributed by atoms with Gasteiger partial charge in [-0.3, -0.25) is 0 Å². The molecule has 0 amide bonds. The third-order valence-electron chi connectivity index (χ3n) is 2.06. The minimum absolute atomic E-state index is 0.0213. The lowest BCUT2D eigenvalue weighted by molar-refractivity contribution is -0.390. The third kappa shape index (κ3) is 3.55. The van der Waals surface area contributed by atoms with Crippen LogP contribution in [0.4, 0.5) is 5.82 Å². The van der Waals surface area contributed by atoms with Crippen LogP contribution in [0.1, 0.15) is 6.92 Å². The van der Waals surface area contributed by atoms with Crippen molar-refractivity contribution in [1.82, 2.24) is 4.98 Å². The topological polar surface area (TPSA) is 91.6 Å². The van der Waals surface area contributed by atoms with Crippen LogP contribution in [0.15, 0.2) is 30.0 Å². The SMILES string of the molecule is COC(=O)C(C)=CCOc1cccnc1[N+](=O)[O-]. The fraction of sp³-hybridized carbons (Fsp3) is 0.273. The summed E-state index contributed by atoms with van der Waals surface area (Å²) in [6, 6.07) is 2.96. The summed E-state index contributed by atoms with van der Waals surface area (Å²) in [5.74, 6) is -0.780. The van der Waals surface area contributed by atoms with Gasteiger partial charge in [0.2, 0.25) is 5.75 Å². The molecule has 0 aliphatic rings. The maximum absolute atomic E-state index is 11.1. The smallest absolute Gasteiger partial charge is 0.406 e. The lowest BCUT2D eigenvalue weighted by Gasteiger charge is -2.04. The summed E-state index contributed by atoms with van der Waals surface area (Å²) in [5, 5.41) is 10.6. The fourth-order valence-corrected chi connectivity index (χ4v) is 1.13. The molecule has 0 atom stereocenters. The number of rotatable bonds is 5. The molecule has 18 heavy (non-hydrogen) atoms. The van der Waals surface area contributed by atoms with Gasteiger partial charge in [-0.25, -0.2) is 4.79 Å². The summed E-state index contributed by atoms with van der Waals surface area (Å²) in [7, 11) is 1.27. The third-order valence-corrected chi connectivity index (χ3v) is 2.06. The highest BCUT2D eigenvalue weighted by atomic mass is 16.6. The second-order valence-electron chi connectivity index (χ2n) is 3.27. The van der Waals surface area contributed by atoms with Gasteiger partial charge in [0.15, 0.2) is 0 Å². The average Bonchev–Trinajstić information content (AvgIpc) is 2.38. The molecule has 0 bridgehead atoms. The Hall–Kier alpha value is -2.44. The predicted molar refractivity (Wildman–Crippen MR) is 62.2 cm³/mol. The number of carbonyl (C=O) groups is 1. The van der Waals surface area contributed by atoms with Crippen LogP contribution in [0, 0.1) is 10.1 Å². The van der Waals surface area contributed by atoms with Gasteiger partial charge >= 0.3 is 11.8 Å². The molecule has 0 N–H and O–H groups in total. The Morgan fingerprint density at radius 1 is 1.61 bits per heavy atom. The summed E-state index contributed by atoms with van der Waals surface area (Å²) >= 11 is 0. The number of hydrogen-bond acceptors (Lipinski definition) is 6. The average molecular weight is 252 g/mol. The quantitative estimate of drug-likeness (QED) is 0.341. The van der Waals surface area contributed by atoms with Gasteiger partial charge in [-0.1, -0.05) is 0 Å². The van der Waals surface area contributed by atoms with Crippen molar-refractivity contribution in [3.05, 3.63) is 40.1 Å². The van der Waals surface area contributed by atoms with Crippen LogP contribution in [0.3, 0.4) is 0 Å². The van der Waals surface area contributed by atoms with Crippen molar-refractivity contribution >= 4 is 11.8 Å². The standard InChI is InChI=1S/C11H12N2O5/c1-8(11(14)17-2)5-7-18-9-4-3-6-12-10(9)13(15)16/h3-6H,7H2,1-2H3. The summed E-state index contributed by atoms with van der Waals surface area (Å²) < 4.78 is 9.67. The zero-order valence-electron chi connectivity index (χ0n) is 9.95. The molecule has 7 nitrogen and oxygen atoms in total. The largest absolute Gasteiger partial charge is 0.481 e. The van der Waals surface area contributed by atoms with E-state index in [9.17, 15) is 14.9 Å². The van der Waals surface area contributed by atoms with Crippen LogP contribution in [0.25, 0.3) is 0 Å². The molecule has 0 aliphatic carbocycles. The molecule has 96 valence electrons. The van der Waals surface area contributed by atoms with E-state index in [4.69, 9.17) is 4.74 Å². The lowest BCUT2D eigenvalue weighted by atomic mass is 10.3. The maximum Gasteiger partial charge on any atom is 0.406 e. The molecule has 0 saturated carbocycles.